The van der Waals surface area contributed by atoms with Crippen molar-refractivity contribution in [3.8, 4) is 0 Å². The lowest BCUT2D eigenvalue weighted by Gasteiger charge is -2.14. The summed E-state index contributed by atoms with van der Waals surface area (Å²) >= 11 is 5.34. The van der Waals surface area contributed by atoms with Gasteiger partial charge in [0.15, 0.2) is 0 Å². The van der Waals surface area contributed by atoms with E-state index in [1.807, 2.05) is 30.8 Å². The number of fused-ring (bicyclic) bond motifs is 1. The molecule has 0 saturated heterocycles. The Bertz CT molecular complexity index is 690. The van der Waals surface area contributed by atoms with Gasteiger partial charge >= 0.3 is 0 Å². The molecule has 3 aromatic rings. The summed E-state index contributed by atoms with van der Waals surface area (Å²) in [7, 11) is 2.01. The summed E-state index contributed by atoms with van der Waals surface area (Å²) in [5, 5.41) is 4.73. The molecule has 2 aromatic heterocycles. The molecular formula is C16H15BrN2S. The molecule has 0 spiro atoms. The molecule has 0 aliphatic heterocycles. The van der Waals surface area contributed by atoms with Crippen molar-refractivity contribution >= 4 is 37.4 Å². The van der Waals surface area contributed by atoms with Crippen LogP contribution in [0.2, 0.25) is 0 Å². The van der Waals surface area contributed by atoms with Gasteiger partial charge in [-0.15, -0.1) is 11.3 Å². The van der Waals surface area contributed by atoms with Crippen LogP contribution >= 0.6 is 27.3 Å². The van der Waals surface area contributed by atoms with Gasteiger partial charge in [-0.05, 0) is 58.5 Å². The van der Waals surface area contributed by atoms with E-state index in [1.54, 1.807) is 0 Å². The van der Waals surface area contributed by atoms with E-state index in [9.17, 15) is 0 Å². The van der Waals surface area contributed by atoms with Gasteiger partial charge in [-0.25, -0.2) is 0 Å². The predicted octanol–water partition coefficient (Wildman–Crippen LogP) is 4.56. The summed E-state index contributed by atoms with van der Waals surface area (Å²) in [6.45, 7) is 0. The van der Waals surface area contributed by atoms with Gasteiger partial charge in [0, 0.05) is 32.5 Å². The number of rotatable bonds is 4. The summed E-state index contributed by atoms with van der Waals surface area (Å²) in [5.74, 6) is 0. The number of thiophene rings is 1. The van der Waals surface area contributed by atoms with E-state index in [-0.39, 0.29) is 0 Å². The lowest BCUT2D eigenvalue weighted by atomic mass is 10.1. The molecule has 4 heteroatoms. The molecule has 0 fully saturated rings. The zero-order valence-corrected chi connectivity index (χ0v) is 13.5. The van der Waals surface area contributed by atoms with Crippen molar-refractivity contribution in [3.05, 3.63) is 63.7 Å². The summed E-state index contributed by atoms with van der Waals surface area (Å²) in [6.07, 6.45) is 4.69. The Kier molecular flexibility index (Phi) is 4.15. The molecule has 102 valence electrons. The highest BCUT2D eigenvalue weighted by atomic mass is 79.9. The molecule has 1 unspecified atom stereocenters. The highest BCUT2D eigenvalue weighted by Gasteiger charge is 2.13. The highest BCUT2D eigenvalue weighted by molar-refractivity contribution is 9.10. The predicted molar refractivity (Wildman–Crippen MR) is 89.3 cm³/mol. The Morgan fingerprint density at radius 1 is 1.25 bits per heavy atom. The maximum atomic E-state index is 4.24. The topological polar surface area (TPSA) is 24.9 Å². The van der Waals surface area contributed by atoms with Crippen LogP contribution in [0.5, 0.6) is 0 Å². The van der Waals surface area contributed by atoms with E-state index in [0.29, 0.717) is 6.04 Å². The fourth-order valence-electron chi connectivity index (χ4n) is 2.32. The zero-order chi connectivity index (χ0) is 13.9. The molecule has 0 saturated carbocycles. The number of pyridine rings is 1. The lowest BCUT2D eigenvalue weighted by molar-refractivity contribution is 0.601. The minimum absolute atomic E-state index is 0.323. The Hall–Kier alpha value is -1.23. The minimum Gasteiger partial charge on any atom is -0.312 e. The van der Waals surface area contributed by atoms with Gasteiger partial charge in [-0.3, -0.25) is 4.98 Å². The highest BCUT2D eigenvalue weighted by Crippen LogP contribution is 2.31. The van der Waals surface area contributed by atoms with E-state index in [4.69, 9.17) is 0 Å². The standard InChI is InChI=1S/C16H15BrN2S/c1-18-14(7-11-6-13(17)10-19-9-11)16-8-12-4-2-3-5-15(12)20-16/h2-6,8-10,14,18H,7H2,1H3. The van der Waals surface area contributed by atoms with Gasteiger partial charge in [-0.2, -0.15) is 0 Å². The van der Waals surface area contributed by atoms with E-state index in [1.165, 1.54) is 20.5 Å². The number of benzene rings is 1. The monoisotopic (exact) mass is 346 g/mol. The van der Waals surface area contributed by atoms with Crippen molar-refractivity contribution in [1.29, 1.82) is 0 Å². The Morgan fingerprint density at radius 2 is 2.10 bits per heavy atom. The number of likely N-dealkylation sites (N-methyl/N-ethyl adjacent to an activating group) is 1. The molecule has 2 heterocycles. The normalized spacial score (nSPS) is 12.7. The first-order valence-electron chi connectivity index (χ1n) is 6.51. The number of nitrogens with one attached hydrogen (secondary N) is 1. The first-order chi connectivity index (χ1) is 9.76. The van der Waals surface area contributed by atoms with Gasteiger partial charge in [0.2, 0.25) is 0 Å². The van der Waals surface area contributed by atoms with E-state index in [2.05, 4.69) is 62.6 Å². The fourth-order valence-corrected chi connectivity index (χ4v) is 3.91. The van der Waals surface area contributed by atoms with Crippen LogP contribution in [0.3, 0.4) is 0 Å². The number of hydrogen-bond acceptors (Lipinski definition) is 3. The third-order valence-corrected chi connectivity index (χ3v) is 5.00. The van der Waals surface area contributed by atoms with Gasteiger partial charge in [0.1, 0.15) is 0 Å². The number of aromatic nitrogens is 1. The maximum absolute atomic E-state index is 4.24. The second-order valence-electron chi connectivity index (χ2n) is 4.74. The zero-order valence-electron chi connectivity index (χ0n) is 11.1. The van der Waals surface area contributed by atoms with Crippen LogP contribution in [-0.2, 0) is 6.42 Å². The third kappa shape index (κ3) is 2.92. The molecule has 20 heavy (non-hydrogen) atoms. The van der Waals surface area contributed by atoms with Crippen molar-refractivity contribution in [3.63, 3.8) is 0 Å². The van der Waals surface area contributed by atoms with Crippen LogP contribution in [0, 0.1) is 0 Å². The van der Waals surface area contributed by atoms with Crippen LogP contribution < -0.4 is 5.32 Å². The van der Waals surface area contributed by atoms with Crippen LogP contribution in [0.4, 0.5) is 0 Å². The molecule has 1 N–H and O–H groups in total. The fraction of sp³-hybridized carbons (Fsp3) is 0.188. The number of nitrogens with zero attached hydrogens (tertiary/aromatic N) is 1. The van der Waals surface area contributed by atoms with Crippen LogP contribution in [0.15, 0.2) is 53.3 Å². The molecule has 2 nitrogen and oxygen atoms in total. The third-order valence-electron chi connectivity index (χ3n) is 3.34. The molecule has 1 aromatic carbocycles. The molecular weight excluding hydrogens is 332 g/mol. The molecule has 0 aliphatic carbocycles. The minimum atomic E-state index is 0.323. The van der Waals surface area contributed by atoms with E-state index < -0.39 is 0 Å². The molecule has 3 rings (SSSR count). The van der Waals surface area contributed by atoms with Crippen molar-refractivity contribution in [1.82, 2.24) is 10.3 Å². The maximum Gasteiger partial charge on any atom is 0.0454 e. The number of halogens is 1. The smallest absolute Gasteiger partial charge is 0.0454 e. The second kappa shape index (κ2) is 6.04. The van der Waals surface area contributed by atoms with E-state index >= 15 is 0 Å². The molecule has 1 atom stereocenters. The van der Waals surface area contributed by atoms with Gasteiger partial charge in [-0.1, -0.05) is 18.2 Å². The van der Waals surface area contributed by atoms with Gasteiger partial charge in [0.05, 0.1) is 0 Å². The van der Waals surface area contributed by atoms with Crippen LogP contribution in [-0.4, -0.2) is 12.0 Å². The van der Waals surface area contributed by atoms with Crippen molar-refractivity contribution < 1.29 is 0 Å². The van der Waals surface area contributed by atoms with Gasteiger partial charge < -0.3 is 5.32 Å². The Balaban J connectivity index is 1.89. The largest absolute Gasteiger partial charge is 0.312 e. The molecule has 0 aliphatic rings. The summed E-state index contributed by atoms with van der Waals surface area (Å²) in [4.78, 5) is 5.61. The van der Waals surface area contributed by atoms with Crippen molar-refractivity contribution in [2.45, 2.75) is 12.5 Å². The Morgan fingerprint density at radius 3 is 2.85 bits per heavy atom. The molecule has 0 radical (unpaired) electrons. The number of hydrogen-bond donors (Lipinski definition) is 1. The first kappa shape index (κ1) is 13.7. The SMILES string of the molecule is CNC(Cc1cncc(Br)c1)c1cc2ccccc2s1. The lowest BCUT2D eigenvalue weighted by Crippen LogP contribution is -2.17. The molecule has 0 bridgehead atoms. The van der Waals surface area contributed by atoms with E-state index in [0.717, 1.165) is 10.9 Å². The molecule has 0 amide bonds. The Labute approximate surface area is 131 Å². The average Bonchev–Trinajstić information content (AvgIpc) is 2.88. The van der Waals surface area contributed by atoms with Gasteiger partial charge in [0.25, 0.3) is 0 Å². The first-order valence-corrected chi connectivity index (χ1v) is 8.12. The summed E-state index contributed by atoms with van der Waals surface area (Å²) in [5.41, 5.74) is 1.23. The van der Waals surface area contributed by atoms with Crippen molar-refractivity contribution in [2.24, 2.45) is 0 Å². The average molecular weight is 347 g/mol. The van der Waals surface area contributed by atoms with Crippen LogP contribution in [0.1, 0.15) is 16.5 Å². The van der Waals surface area contributed by atoms with Crippen LogP contribution in [0.25, 0.3) is 10.1 Å². The summed E-state index contributed by atoms with van der Waals surface area (Å²) < 4.78 is 2.37. The summed E-state index contributed by atoms with van der Waals surface area (Å²) in [6, 6.07) is 13.3. The second-order valence-corrected chi connectivity index (χ2v) is 6.77. The van der Waals surface area contributed by atoms with Crippen molar-refractivity contribution in [2.75, 3.05) is 7.05 Å². The quantitative estimate of drug-likeness (QED) is 0.748.